The minimum atomic E-state index is -0.539. The second-order valence-corrected chi connectivity index (χ2v) is 6.57. The predicted molar refractivity (Wildman–Crippen MR) is 80.8 cm³/mol. The number of nitrogens with one attached hydrogen (secondary N) is 1. The van der Waals surface area contributed by atoms with Gasteiger partial charge in [0.05, 0.1) is 15.6 Å². The summed E-state index contributed by atoms with van der Waals surface area (Å²) >= 11 is 11.9. The van der Waals surface area contributed by atoms with Gasteiger partial charge in [-0.2, -0.15) is 0 Å². The third-order valence-corrected chi connectivity index (χ3v) is 4.71. The van der Waals surface area contributed by atoms with Gasteiger partial charge in [-0.3, -0.25) is 0 Å². The van der Waals surface area contributed by atoms with E-state index in [9.17, 15) is 5.11 Å². The Kier molecular flexibility index (Phi) is 5.13. The Balaban J connectivity index is 1.81. The minimum absolute atomic E-state index is 0.539. The molecule has 1 fully saturated rings. The van der Waals surface area contributed by atoms with Crippen molar-refractivity contribution in [2.24, 2.45) is 5.92 Å². The summed E-state index contributed by atoms with van der Waals surface area (Å²) < 4.78 is 0. The Morgan fingerprint density at radius 3 is 2.58 bits per heavy atom. The van der Waals surface area contributed by atoms with Crippen LogP contribution in [-0.2, 0) is 6.54 Å². The van der Waals surface area contributed by atoms with Gasteiger partial charge in [0.15, 0.2) is 0 Å². The van der Waals surface area contributed by atoms with Crippen LogP contribution in [0.4, 0.5) is 0 Å². The van der Waals surface area contributed by atoms with Crippen LogP contribution in [0.1, 0.15) is 38.2 Å². The lowest BCUT2D eigenvalue weighted by atomic mass is 9.79. The zero-order valence-corrected chi connectivity index (χ0v) is 12.8. The number of hydrogen-bond donors (Lipinski definition) is 2. The summed E-state index contributed by atoms with van der Waals surface area (Å²) in [6.45, 7) is 3.59. The van der Waals surface area contributed by atoms with E-state index in [1.54, 1.807) is 6.07 Å². The highest BCUT2D eigenvalue weighted by Gasteiger charge is 2.31. The van der Waals surface area contributed by atoms with Gasteiger partial charge in [-0.05, 0) is 49.3 Å². The van der Waals surface area contributed by atoms with Crippen LogP contribution in [0.25, 0.3) is 0 Å². The van der Waals surface area contributed by atoms with Crippen LogP contribution >= 0.6 is 23.2 Å². The molecule has 0 radical (unpaired) electrons. The zero-order valence-electron chi connectivity index (χ0n) is 11.3. The van der Waals surface area contributed by atoms with Crippen molar-refractivity contribution in [1.82, 2.24) is 5.32 Å². The van der Waals surface area contributed by atoms with Gasteiger partial charge in [-0.1, -0.05) is 36.2 Å². The Labute approximate surface area is 125 Å². The number of hydrogen-bond acceptors (Lipinski definition) is 2. The van der Waals surface area contributed by atoms with E-state index >= 15 is 0 Å². The summed E-state index contributed by atoms with van der Waals surface area (Å²) in [5, 5.41) is 14.9. The molecule has 0 aromatic heterocycles. The quantitative estimate of drug-likeness (QED) is 0.880. The van der Waals surface area contributed by atoms with Crippen LogP contribution in [0, 0.1) is 5.92 Å². The van der Waals surface area contributed by atoms with Crippen molar-refractivity contribution in [3.8, 4) is 0 Å². The molecule has 0 amide bonds. The van der Waals surface area contributed by atoms with Crippen LogP contribution in [-0.4, -0.2) is 17.3 Å². The molecular formula is C15H21Cl2NO. The van der Waals surface area contributed by atoms with Crippen LogP contribution < -0.4 is 5.32 Å². The summed E-state index contributed by atoms with van der Waals surface area (Å²) in [6.07, 6.45) is 4.01. The Bertz CT molecular complexity index is 428. The first-order valence-electron chi connectivity index (χ1n) is 6.85. The highest BCUT2D eigenvalue weighted by atomic mass is 35.5. The summed E-state index contributed by atoms with van der Waals surface area (Å²) in [4.78, 5) is 0. The molecule has 0 spiro atoms. The van der Waals surface area contributed by atoms with Crippen LogP contribution in [0.15, 0.2) is 18.2 Å². The van der Waals surface area contributed by atoms with Gasteiger partial charge < -0.3 is 10.4 Å². The lowest BCUT2D eigenvalue weighted by Gasteiger charge is -2.35. The monoisotopic (exact) mass is 301 g/mol. The topological polar surface area (TPSA) is 32.3 Å². The molecule has 1 aliphatic rings. The standard InChI is InChI=1S/C15H21Cl2NO/c1-11-4-6-15(19,7-5-11)10-18-9-12-2-3-13(16)14(17)8-12/h2-3,8,11,18-19H,4-7,9-10H2,1H3. The number of benzene rings is 1. The van der Waals surface area contributed by atoms with Gasteiger partial charge in [0.25, 0.3) is 0 Å². The third kappa shape index (κ3) is 4.35. The first kappa shape index (κ1) is 15.1. The molecule has 0 atom stereocenters. The van der Waals surface area contributed by atoms with Gasteiger partial charge in [0, 0.05) is 13.1 Å². The second kappa shape index (κ2) is 6.45. The van der Waals surface area contributed by atoms with Crippen LogP contribution in [0.3, 0.4) is 0 Å². The molecule has 1 aromatic rings. The molecule has 0 unspecified atom stereocenters. The molecule has 0 bridgehead atoms. The fourth-order valence-corrected chi connectivity index (χ4v) is 2.89. The van der Waals surface area contributed by atoms with E-state index in [4.69, 9.17) is 23.2 Å². The number of halogens is 2. The number of rotatable bonds is 4. The molecular weight excluding hydrogens is 281 g/mol. The molecule has 19 heavy (non-hydrogen) atoms. The average molecular weight is 302 g/mol. The number of aliphatic hydroxyl groups is 1. The molecule has 106 valence electrons. The van der Waals surface area contributed by atoms with E-state index in [-0.39, 0.29) is 0 Å². The first-order valence-corrected chi connectivity index (χ1v) is 7.61. The average Bonchev–Trinajstić information content (AvgIpc) is 2.38. The van der Waals surface area contributed by atoms with E-state index in [2.05, 4.69) is 12.2 Å². The first-order chi connectivity index (χ1) is 8.98. The molecule has 2 nitrogen and oxygen atoms in total. The van der Waals surface area contributed by atoms with Crippen molar-refractivity contribution in [3.63, 3.8) is 0 Å². The molecule has 1 aliphatic carbocycles. The Hall–Kier alpha value is -0.280. The maximum atomic E-state index is 10.5. The largest absolute Gasteiger partial charge is 0.389 e. The molecule has 2 N–H and O–H groups in total. The maximum Gasteiger partial charge on any atom is 0.0771 e. The van der Waals surface area contributed by atoms with Crippen molar-refractivity contribution in [3.05, 3.63) is 33.8 Å². The Morgan fingerprint density at radius 1 is 1.26 bits per heavy atom. The van der Waals surface area contributed by atoms with Gasteiger partial charge in [0.1, 0.15) is 0 Å². The second-order valence-electron chi connectivity index (χ2n) is 5.76. The normalized spacial score (nSPS) is 27.5. The van der Waals surface area contributed by atoms with Crippen LogP contribution in [0.5, 0.6) is 0 Å². The predicted octanol–water partition coefficient (Wildman–Crippen LogP) is 4.02. The Morgan fingerprint density at radius 2 is 1.95 bits per heavy atom. The van der Waals surface area contributed by atoms with E-state index in [1.807, 2.05) is 12.1 Å². The SMILES string of the molecule is CC1CCC(O)(CNCc2ccc(Cl)c(Cl)c2)CC1. The van der Waals surface area contributed by atoms with E-state index in [0.29, 0.717) is 23.1 Å². The lowest BCUT2D eigenvalue weighted by molar-refractivity contribution is -0.00630. The lowest BCUT2D eigenvalue weighted by Crippen LogP contribution is -2.43. The van der Waals surface area contributed by atoms with Crippen molar-refractivity contribution >= 4 is 23.2 Å². The summed E-state index contributed by atoms with van der Waals surface area (Å²) in [6, 6.07) is 5.62. The van der Waals surface area contributed by atoms with Gasteiger partial charge in [-0.25, -0.2) is 0 Å². The fourth-order valence-electron chi connectivity index (χ4n) is 2.57. The zero-order chi connectivity index (χ0) is 13.9. The van der Waals surface area contributed by atoms with E-state index < -0.39 is 5.60 Å². The molecule has 2 rings (SSSR count). The molecule has 1 saturated carbocycles. The van der Waals surface area contributed by atoms with Crippen molar-refractivity contribution in [2.75, 3.05) is 6.54 Å². The van der Waals surface area contributed by atoms with Crippen molar-refractivity contribution < 1.29 is 5.11 Å². The van der Waals surface area contributed by atoms with Crippen molar-refractivity contribution in [1.29, 1.82) is 0 Å². The molecule has 0 aliphatic heterocycles. The fraction of sp³-hybridized carbons (Fsp3) is 0.600. The maximum absolute atomic E-state index is 10.5. The third-order valence-electron chi connectivity index (χ3n) is 3.97. The summed E-state index contributed by atoms with van der Waals surface area (Å²) in [7, 11) is 0. The molecule has 1 aromatic carbocycles. The smallest absolute Gasteiger partial charge is 0.0771 e. The molecule has 0 heterocycles. The molecule has 0 saturated heterocycles. The highest BCUT2D eigenvalue weighted by molar-refractivity contribution is 6.42. The highest BCUT2D eigenvalue weighted by Crippen LogP contribution is 2.31. The minimum Gasteiger partial charge on any atom is -0.389 e. The van der Waals surface area contributed by atoms with Crippen LogP contribution in [0.2, 0.25) is 10.0 Å². The summed E-state index contributed by atoms with van der Waals surface area (Å²) in [5.74, 6) is 0.746. The molecule has 4 heteroatoms. The van der Waals surface area contributed by atoms with E-state index in [1.165, 1.54) is 0 Å². The van der Waals surface area contributed by atoms with Gasteiger partial charge in [-0.15, -0.1) is 0 Å². The van der Waals surface area contributed by atoms with Crippen molar-refractivity contribution in [2.45, 2.75) is 44.8 Å². The van der Waals surface area contributed by atoms with E-state index in [0.717, 1.165) is 37.2 Å². The van der Waals surface area contributed by atoms with Gasteiger partial charge >= 0.3 is 0 Å². The van der Waals surface area contributed by atoms with Gasteiger partial charge in [0.2, 0.25) is 0 Å². The summed E-state index contributed by atoms with van der Waals surface area (Å²) in [5.41, 5.74) is 0.546.